The number of carbonyl (C=O) groups is 6. The van der Waals surface area contributed by atoms with Crippen LogP contribution in [0.25, 0.3) is 0 Å². The highest BCUT2D eigenvalue weighted by Crippen LogP contribution is 2.13. The van der Waals surface area contributed by atoms with Gasteiger partial charge >= 0.3 is 30.0 Å². The summed E-state index contributed by atoms with van der Waals surface area (Å²) < 4.78 is 32.0. The maximum Gasteiger partial charge on any atom is 0.407 e. The molecule has 47 heavy (non-hydrogen) atoms. The van der Waals surface area contributed by atoms with Crippen LogP contribution >= 0.6 is 15.9 Å². The Morgan fingerprint density at radius 1 is 0.745 bits per heavy atom. The second-order valence-electron chi connectivity index (χ2n) is 11.3. The fourth-order valence-electron chi connectivity index (χ4n) is 3.53. The number of amides is 1. The SMILES string of the molecule is C[C@H](OCc1ccccc1)C(=O)O[C@@H](C)C(=O)O[C@@H](C)C(=O)O[C@@H](CCNC(=O)OC(C)(C)C)C(=O)OCC(=O)c1ccc(Br)cc1. The zero-order chi connectivity index (χ0) is 35.1. The topological polar surface area (TPSA) is 170 Å². The van der Waals surface area contributed by atoms with Crippen molar-refractivity contribution in [1.82, 2.24) is 5.32 Å². The van der Waals surface area contributed by atoms with Crippen molar-refractivity contribution in [3.05, 3.63) is 70.2 Å². The van der Waals surface area contributed by atoms with Crippen molar-refractivity contribution in [3.8, 4) is 0 Å². The smallest absolute Gasteiger partial charge is 0.407 e. The Labute approximate surface area is 281 Å². The lowest BCUT2D eigenvalue weighted by Crippen LogP contribution is -2.40. The van der Waals surface area contributed by atoms with Gasteiger partial charge in [-0.05, 0) is 59.2 Å². The Balaban J connectivity index is 1.95. The van der Waals surface area contributed by atoms with Crippen LogP contribution < -0.4 is 5.32 Å². The number of ketones is 1. The third-order valence-corrected chi connectivity index (χ3v) is 6.56. The van der Waals surface area contributed by atoms with E-state index < -0.39 is 72.4 Å². The van der Waals surface area contributed by atoms with Gasteiger partial charge in [0.2, 0.25) is 6.10 Å². The minimum Gasteiger partial charge on any atom is -0.455 e. The summed E-state index contributed by atoms with van der Waals surface area (Å²) in [7, 11) is 0. The first-order valence-corrected chi connectivity index (χ1v) is 15.5. The van der Waals surface area contributed by atoms with Crippen molar-refractivity contribution >= 4 is 51.7 Å². The minimum atomic E-state index is -1.59. The lowest BCUT2D eigenvalue weighted by Gasteiger charge is -2.22. The molecule has 0 fully saturated rings. The van der Waals surface area contributed by atoms with E-state index in [4.69, 9.17) is 28.4 Å². The largest absolute Gasteiger partial charge is 0.455 e. The molecule has 0 heterocycles. The molecule has 256 valence electrons. The monoisotopic (exact) mass is 721 g/mol. The number of Topliss-reactive ketones (excluding diaryl/α,β-unsaturated/α-hetero) is 1. The average Bonchev–Trinajstić information content (AvgIpc) is 3.01. The summed E-state index contributed by atoms with van der Waals surface area (Å²) in [6, 6.07) is 15.5. The number of esters is 4. The molecule has 0 saturated heterocycles. The molecular formula is C33H40BrNO12. The summed E-state index contributed by atoms with van der Waals surface area (Å²) in [6.45, 7) is 8.25. The number of benzene rings is 2. The molecular weight excluding hydrogens is 682 g/mol. The number of alkyl carbamates (subject to hydrolysis) is 1. The molecule has 0 radical (unpaired) electrons. The molecule has 4 atom stereocenters. The van der Waals surface area contributed by atoms with Gasteiger partial charge in [-0.1, -0.05) is 58.4 Å². The standard InChI is InChI=1S/C33H40BrNO12/c1-20(42-18-23-10-8-7-9-11-23)28(37)44-21(2)29(38)45-22(3)30(39)46-27(16-17-35-32(41)47-33(4,5)6)31(40)43-19-26(36)24-12-14-25(34)15-13-24/h7-15,20-22,27H,16-19H2,1-6H3,(H,35,41)/t20-,21-,22-,27-/m0/s1. The van der Waals surface area contributed by atoms with E-state index in [1.807, 2.05) is 30.3 Å². The highest BCUT2D eigenvalue weighted by Gasteiger charge is 2.32. The highest BCUT2D eigenvalue weighted by atomic mass is 79.9. The van der Waals surface area contributed by atoms with E-state index >= 15 is 0 Å². The van der Waals surface area contributed by atoms with Crippen LogP contribution in [0.15, 0.2) is 59.1 Å². The van der Waals surface area contributed by atoms with Gasteiger partial charge in [-0.25, -0.2) is 24.0 Å². The van der Waals surface area contributed by atoms with Gasteiger partial charge in [0.05, 0.1) is 6.61 Å². The Morgan fingerprint density at radius 3 is 1.87 bits per heavy atom. The molecule has 0 aliphatic heterocycles. The van der Waals surface area contributed by atoms with Crippen LogP contribution in [0.1, 0.15) is 63.9 Å². The van der Waals surface area contributed by atoms with E-state index in [9.17, 15) is 28.8 Å². The molecule has 0 unspecified atom stereocenters. The summed E-state index contributed by atoms with van der Waals surface area (Å²) in [6.07, 6.45) is -6.55. The molecule has 0 aliphatic rings. The molecule has 0 spiro atoms. The molecule has 1 N–H and O–H groups in total. The normalized spacial score (nSPS) is 13.6. The Kier molecular flexibility index (Phi) is 15.5. The van der Waals surface area contributed by atoms with Crippen molar-refractivity contribution in [2.24, 2.45) is 0 Å². The molecule has 1 amide bonds. The fourth-order valence-corrected chi connectivity index (χ4v) is 3.79. The Morgan fingerprint density at radius 2 is 1.30 bits per heavy atom. The summed E-state index contributed by atoms with van der Waals surface area (Å²) in [5.41, 5.74) is 0.347. The molecule has 2 aromatic carbocycles. The van der Waals surface area contributed by atoms with Crippen molar-refractivity contribution in [2.45, 2.75) is 84.6 Å². The van der Waals surface area contributed by atoms with Gasteiger partial charge in [-0.3, -0.25) is 4.79 Å². The van der Waals surface area contributed by atoms with Crippen LogP contribution in [-0.4, -0.2) is 78.9 Å². The van der Waals surface area contributed by atoms with Crippen LogP contribution in [-0.2, 0) is 54.2 Å². The lowest BCUT2D eigenvalue weighted by atomic mass is 10.1. The average molecular weight is 723 g/mol. The van der Waals surface area contributed by atoms with Gasteiger partial charge in [-0.15, -0.1) is 0 Å². The van der Waals surface area contributed by atoms with E-state index in [0.29, 0.717) is 0 Å². The third-order valence-electron chi connectivity index (χ3n) is 6.03. The van der Waals surface area contributed by atoms with Gasteiger partial charge in [0.1, 0.15) is 5.60 Å². The van der Waals surface area contributed by atoms with E-state index in [1.54, 1.807) is 32.9 Å². The molecule has 2 aromatic rings. The van der Waals surface area contributed by atoms with Crippen LogP contribution in [0.2, 0.25) is 0 Å². The fraction of sp³-hybridized carbons (Fsp3) is 0.455. The first kappa shape index (κ1) is 38.9. The van der Waals surface area contributed by atoms with E-state index in [-0.39, 0.29) is 25.1 Å². The number of nitrogens with one attached hydrogen (secondary N) is 1. The third kappa shape index (κ3) is 14.8. The Bertz CT molecular complexity index is 1370. The Hall–Kier alpha value is -4.30. The van der Waals surface area contributed by atoms with E-state index in [2.05, 4.69) is 21.2 Å². The number of hydrogen-bond donors (Lipinski definition) is 1. The van der Waals surface area contributed by atoms with Crippen molar-refractivity contribution in [1.29, 1.82) is 0 Å². The van der Waals surface area contributed by atoms with Crippen LogP contribution in [0.4, 0.5) is 4.79 Å². The number of carbonyl (C=O) groups excluding carboxylic acids is 6. The first-order chi connectivity index (χ1) is 22.1. The van der Waals surface area contributed by atoms with E-state index in [0.717, 1.165) is 10.0 Å². The van der Waals surface area contributed by atoms with Crippen LogP contribution in [0.3, 0.4) is 0 Å². The van der Waals surface area contributed by atoms with Crippen molar-refractivity contribution in [3.63, 3.8) is 0 Å². The number of hydrogen-bond acceptors (Lipinski definition) is 12. The van der Waals surface area contributed by atoms with Crippen molar-refractivity contribution < 1.29 is 57.2 Å². The number of rotatable bonds is 16. The van der Waals surface area contributed by atoms with Crippen LogP contribution in [0.5, 0.6) is 0 Å². The second-order valence-corrected chi connectivity index (χ2v) is 12.2. The zero-order valence-corrected chi connectivity index (χ0v) is 28.7. The highest BCUT2D eigenvalue weighted by molar-refractivity contribution is 9.10. The molecule has 2 rings (SSSR count). The molecule has 0 bridgehead atoms. The number of halogens is 1. The van der Waals surface area contributed by atoms with E-state index in [1.165, 1.54) is 32.9 Å². The first-order valence-electron chi connectivity index (χ1n) is 14.7. The number of ether oxygens (including phenoxy) is 6. The predicted molar refractivity (Wildman–Crippen MR) is 170 cm³/mol. The van der Waals surface area contributed by atoms with Gasteiger partial charge in [-0.2, -0.15) is 0 Å². The second kappa shape index (κ2) is 18.7. The van der Waals surface area contributed by atoms with Crippen LogP contribution in [0, 0.1) is 0 Å². The summed E-state index contributed by atoms with van der Waals surface area (Å²) in [5, 5.41) is 2.44. The molecule has 14 heteroatoms. The lowest BCUT2D eigenvalue weighted by molar-refractivity contribution is -0.184. The molecule has 0 aliphatic carbocycles. The van der Waals surface area contributed by atoms with Gasteiger partial charge in [0.25, 0.3) is 0 Å². The van der Waals surface area contributed by atoms with Gasteiger partial charge < -0.3 is 33.7 Å². The van der Waals surface area contributed by atoms with Gasteiger partial charge in [0, 0.05) is 23.0 Å². The maximum atomic E-state index is 12.9. The quantitative estimate of drug-likeness (QED) is 0.147. The summed E-state index contributed by atoms with van der Waals surface area (Å²) in [4.78, 5) is 75.2. The minimum absolute atomic E-state index is 0.147. The molecule has 0 aromatic heterocycles. The molecule has 0 saturated carbocycles. The van der Waals surface area contributed by atoms with Gasteiger partial charge in [0.15, 0.2) is 30.7 Å². The predicted octanol–water partition coefficient (Wildman–Crippen LogP) is 4.47. The zero-order valence-electron chi connectivity index (χ0n) is 27.1. The summed E-state index contributed by atoms with van der Waals surface area (Å²) >= 11 is 3.27. The summed E-state index contributed by atoms with van der Waals surface area (Å²) in [5.74, 6) is -4.58. The molecule has 13 nitrogen and oxygen atoms in total. The maximum absolute atomic E-state index is 12.9. The van der Waals surface area contributed by atoms with Crippen molar-refractivity contribution in [2.75, 3.05) is 13.2 Å².